The van der Waals surface area contributed by atoms with E-state index in [9.17, 15) is 4.79 Å². The highest BCUT2D eigenvalue weighted by molar-refractivity contribution is 7.16. The number of anilines is 2. The average Bonchev–Trinajstić information content (AvgIpc) is 2.76. The minimum atomic E-state index is -0.332. The van der Waals surface area contributed by atoms with Crippen LogP contribution in [0, 0.1) is 0 Å². The number of nitrogens with zero attached hydrogens (tertiary/aromatic N) is 2. The van der Waals surface area contributed by atoms with Crippen molar-refractivity contribution in [2.24, 2.45) is 5.73 Å². The van der Waals surface area contributed by atoms with Gasteiger partial charge in [-0.05, 0) is 11.4 Å². The molecule has 17 heavy (non-hydrogen) atoms. The molecule has 0 bridgehead atoms. The zero-order chi connectivity index (χ0) is 12.3. The van der Waals surface area contributed by atoms with Gasteiger partial charge in [-0.25, -0.2) is 4.98 Å². The number of primary amides is 1. The Morgan fingerprint density at radius 1 is 1.53 bits per heavy atom. The molecule has 0 aliphatic rings. The van der Waals surface area contributed by atoms with E-state index in [1.807, 2.05) is 11.4 Å². The van der Waals surface area contributed by atoms with Crippen LogP contribution in [0.2, 0.25) is 0 Å². The van der Waals surface area contributed by atoms with E-state index >= 15 is 0 Å². The molecule has 0 radical (unpaired) electrons. The van der Waals surface area contributed by atoms with Gasteiger partial charge in [0.25, 0.3) is 0 Å². The quantitative estimate of drug-likeness (QED) is 0.737. The van der Waals surface area contributed by atoms with E-state index in [-0.39, 0.29) is 12.3 Å². The van der Waals surface area contributed by atoms with Crippen molar-refractivity contribution in [1.82, 2.24) is 9.97 Å². The number of aromatic nitrogens is 2. The van der Waals surface area contributed by atoms with Crippen molar-refractivity contribution >= 4 is 39.2 Å². The number of hydrogen-bond acceptors (Lipinski definition) is 6. The molecule has 90 valence electrons. The van der Waals surface area contributed by atoms with Crippen LogP contribution in [0.3, 0.4) is 0 Å². The summed E-state index contributed by atoms with van der Waals surface area (Å²) in [6, 6.07) is 1.95. The van der Waals surface area contributed by atoms with Crippen molar-refractivity contribution in [2.75, 3.05) is 24.2 Å². The van der Waals surface area contributed by atoms with Crippen molar-refractivity contribution in [2.45, 2.75) is 6.42 Å². The van der Waals surface area contributed by atoms with E-state index in [0.717, 1.165) is 16.0 Å². The first kappa shape index (κ1) is 11.6. The van der Waals surface area contributed by atoms with E-state index in [0.29, 0.717) is 12.5 Å². The SMILES string of the molecule is CNc1nc(NCCC(N)=O)c2ccsc2n1. The van der Waals surface area contributed by atoms with Gasteiger partial charge in [0.05, 0.1) is 5.39 Å². The van der Waals surface area contributed by atoms with Gasteiger partial charge in [-0.1, -0.05) is 0 Å². The molecule has 0 aliphatic carbocycles. The van der Waals surface area contributed by atoms with Crippen LogP contribution in [-0.2, 0) is 4.79 Å². The number of nitrogens with two attached hydrogens (primary N) is 1. The van der Waals surface area contributed by atoms with E-state index in [2.05, 4.69) is 20.6 Å². The fourth-order valence-electron chi connectivity index (χ4n) is 1.41. The molecule has 0 spiro atoms. The smallest absolute Gasteiger partial charge is 0.225 e. The van der Waals surface area contributed by atoms with E-state index in [1.165, 1.54) is 0 Å². The lowest BCUT2D eigenvalue weighted by atomic mass is 10.3. The van der Waals surface area contributed by atoms with Crippen molar-refractivity contribution in [3.05, 3.63) is 11.4 Å². The first-order chi connectivity index (χ1) is 8.20. The number of hydrogen-bond donors (Lipinski definition) is 3. The molecule has 0 saturated carbocycles. The summed E-state index contributed by atoms with van der Waals surface area (Å²) < 4.78 is 0. The summed E-state index contributed by atoms with van der Waals surface area (Å²) in [5, 5.41) is 8.91. The van der Waals surface area contributed by atoms with Crippen LogP contribution in [-0.4, -0.2) is 29.5 Å². The zero-order valence-electron chi connectivity index (χ0n) is 9.36. The third-order valence-corrected chi connectivity index (χ3v) is 3.02. The fourth-order valence-corrected chi connectivity index (χ4v) is 2.17. The summed E-state index contributed by atoms with van der Waals surface area (Å²) in [6.07, 6.45) is 0.282. The highest BCUT2D eigenvalue weighted by atomic mass is 32.1. The lowest BCUT2D eigenvalue weighted by Gasteiger charge is -2.07. The largest absolute Gasteiger partial charge is 0.370 e. The maximum absolute atomic E-state index is 10.7. The first-order valence-electron chi connectivity index (χ1n) is 5.16. The van der Waals surface area contributed by atoms with Crippen LogP contribution in [0.15, 0.2) is 11.4 Å². The number of carbonyl (C=O) groups is 1. The normalized spacial score (nSPS) is 10.4. The maximum Gasteiger partial charge on any atom is 0.225 e. The van der Waals surface area contributed by atoms with Crippen molar-refractivity contribution < 1.29 is 4.79 Å². The van der Waals surface area contributed by atoms with Gasteiger partial charge in [0.15, 0.2) is 0 Å². The third-order valence-electron chi connectivity index (χ3n) is 2.21. The standard InChI is InChI=1S/C10H13N5OS/c1-12-10-14-8(13-4-2-7(11)16)6-3-5-17-9(6)15-10/h3,5H,2,4H2,1H3,(H2,11,16)(H2,12,13,14,15). The van der Waals surface area contributed by atoms with Gasteiger partial charge in [0.1, 0.15) is 10.6 Å². The average molecular weight is 251 g/mol. The molecule has 2 aromatic heterocycles. The number of fused-ring (bicyclic) bond motifs is 1. The van der Waals surface area contributed by atoms with Crippen molar-refractivity contribution in [1.29, 1.82) is 0 Å². The second-order valence-corrected chi connectivity index (χ2v) is 4.32. The summed E-state index contributed by atoms with van der Waals surface area (Å²) in [7, 11) is 1.77. The first-order valence-corrected chi connectivity index (χ1v) is 6.04. The Hall–Kier alpha value is -1.89. The number of rotatable bonds is 5. The van der Waals surface area contributed by atoms with Crippen LogP contribution in [0.5, 0.6) is 0 Å². The van der Waals surface area contributed by atoms with Crippen molar-refractivity contribution in [3.8, 4) is 0 Å². The number of thiophene rings is 1. The fraction of sp³-hybridized carbons (Fsp3) is 0.300. The summed E-state index contributed by atoms with van der Waals surface area (Å²) in [5.41, 5.74) is 5.08. The lowest BCUT2D eigenvalue weighted by molar-refractivity contribution is -0.117. The van der Waals surface area contributed by atoms with Gasteiger partial charge in [-0.15, -0.1) is 11.3 Å². The molecular formula is C10H13N5OS. The van der Waals surface area contributed by atoms with Gasteiger partial charge >= 0.3 is 0 Å². The molecule has 6 nitrogen and oxygen atoms in total. The Kier molecular flexibility index (Phi) is 3.38. The molecule has 7 heteroatoms. The zero-order valence-corrected chi connectivity index (χ0v) is 10.2. The Morgan fingerprint density at radius 2 is 2.35 bits per heavy atom. The number of nitrogens with one attached hydrogen (secondary N) is 2. The molecular weight excluding hydrogens is 238 g/mol. The molecule has 2 aromatic rings. The molecule has 4 N–H and O–H groups in total. The molecule has 2 heterocycles. The minimum Gasteiger partial charge on any atom is -0.370 e. The number of amides is 1. The van der Waals surface area contributed by atoms with Gasteiger partial charge in [0, 0.05) is 20.0 Å². The van der Waals surface area contributed by atoms with Gasteiger partial charge < -0.3 is 16.4 Å². The molecule has 0 fully saturated rings. The van der Waals surface area contributed by atoms with Gasteiger partial charge in [0.2, 0.25) is 11.9 Å². The Balaban J connectivity index is 2.24. The topological polar surface area (TPSA) is 92.9 Å². The predicted octanol–water partition coefficient (Wildman–Crippen LogP) is 1.02. The second-order valence-electron chi connectivity index (χ2n) is 3.43. The predicted molar refractivity (Wildman–Crippen MR) is 69.3 cm³/mol. The monoisotopic (exact) mass is 251 g/mol. The van der Waals surface area contributed by atoms with Crippen LogP contribution >= 0.6 is 11.3 Å². The maximum atomic E-state index is 10.7. The summed E-state index contributed by atoms with van der Waals surface area (Å²) >= 11 is 1.55. The van der Waals surface area contributed by atoms with Crippen LogP contribution in [0.25, 0.3) is 10.2 Å². The molecule has 2 rings (SSSR count). The minimum absolute atomic E-state index is 0.282. The van der Waals surface area contributed by atoms with E-state index in [1.54, 1.807) is 18.4 Å². The van der Waals surface area contributed by atoms with Gasteiger partial charge in [-0.3, -0.25) is 4.79 Å². The molecule has 0 unspecified atom stereocenters. The third kappa shape index (κ3) is 2.62. The summed E-state index contributed by atoms with van der Waals surface area (Å²) in [5.74, 6) is 0.949. The van der Waals surface area contributed by atoms with Crippen LogP contribution in [0.4, 0.5) is 11.8 Å². The highest BCUT2D eigenvalue weighted by Gasteiger charge is 2.07. The Bertz CT molecular complexity index is 538. The highest BCUT2D eigenvalue weighted by Crippen LogP contribution is 2.26. The molecule has 0 atom stereocenters. The van der Waals surface area contributed by atoms with Crippen LogP contribution in [0.1, 0.15) is 6.42 Å². The molecule has 0 saturated heterocycles. The summed E-state index contributed by atoms with van der Waals surface area (Å²) in [6.45, 7) is 0.473. The van der Waals surface area contributed by atoms with Crippen molar-refractivity contribution in [3.63, 3.8) is 0 Å². The second kappa shape index (κ2) is 4.96. The Labute approximate surface area is 102 Å². The lowest BCUT2D eigenvalue weighted by Crippen LogP contribution is -2.16. The van der Waals surface area contributed by atoms with Gasteiger partial charge in [-0.2, -0.15) is 4.98 Å². The summed E-state index contributed by atoms with van der Waals surface area (Å²) in [4.78, 5) is 20.2. The Morgan fingerprint density at radius 3 is 3.06 bits per heavy atom. The van der Waals surface area contributed by atoms with E-state index in [4.69, 9.17) is 5.73 Å². The molecule has 0 aliphatic heterocycles. The van der Waals surface area contributed by atoms with E-state index < -0.39 is 0 Å². The molecule has 1 amide bonds. The van der Waals surface area contributed by atoms with Crippen LogP contribution < -0.4 is 16.4 Å². The molecule has 0 aromatic carbocycles. The number of carbonyl (C=O) groups excluding carboxylic acids is 1.